The van der Waals surface area contributed by atoms with Crippen LogP contribution in [0.5, 0.6) is 0 Å². The molecule has 1 aromatic rings. The van der Waals surface area contributed by atoms with Crippen LogP contribution < -0.4 is 10.6 Å². The SMILES string of the molecule is CCN1CCCC1CNC(=O)c1ccccc1NC. The molecule has 1 fully saturated rings. The molecule has 2 rings (SSSR count). The van der Waals surface area contributed by atoms with Gasteiger partial charge in [-0.05, 0) is 38.1 Å². The molecule has 1 heterocycles. The molecule has 1 unspecified atom stereocenters. The zero-order valence-corrected chi connectivity index (χ0v) is 11.8. The summed E-state index contributed by atoms with van der Waals surface area (Å²) in [5, 5.41) is 6.11. The normalized spacial score (nSPS) is 19.4. The number of nitrogens with zero attached hydrogens (tertiary/aromatic N) is 1. The van der Waals surface area contributed by atoms with E-state index in [1.165, 1.54) is 12.8 Å². The Morgan fingerprint density at radius 2 is 2.21 bits per heavy atom. The van der Waals surface area contributed by atoms with Gasteiger partial charge in [0, 0.05) is 25.3 Å². The van der Waals surface area contributed by atoms with Gasteiger partial charge in [-0.1, -0.05) is 19.1 Å². The van der Waals surface area contributed by atoms with Gasteiger partial charge < -0.3 is 10.6 Å². The molecule has 1 aliphatic rings. The van der Waals surface area contributed by atoms with E-state index in [1.807, 2.05) is 31.3 Å². The molecular weight excluding hydrogens is 238 g/mol. The number of hydrogen-bond donors (Lipinski definition) is 2. The summed E-state index contributed by atoms with van der Waals surface area (Å²) in [7, 11) is 1.84. The summed E-state index contributed by atoms with van der Waals surface area (Å²) in [5.74, 6) is 0.00732. The number of amides is 1. The molecule has 1 amide bonds. The first-order valence-electron chi connectivity index (χ1n) is 7.05. The Hall–Kier alpha value is -1.55. The molecule has 0 saturated carbocycles. The lowest BCUT2D eigenvalue weighted by atomic mass is 10.1. The number of carbonyl (C=O) groups excluding carboxylic acids is 1. The van der Waals surface area contributed by atoms with Crippen molar-refractivity contribution in [1.29, 1.82) is 0 Å². The van der Waals surface area contributed by atoms with E-state index >= 15 is 0 Å². The van der Waals surface area contributed by atoms with Crippen LogP contribution in [0, 0.1) is 0 Å². The molecule has 0 radical (unpaired) electrons. The first-order chi connectivity index (χ1) is 9.26. The number of benzene rings is 1. The smallest absolute Gasteiger partial charge is 0.253 e. The molecule has 1 atom stereocenters. The van der Waals surface area contributed by atoms with Crippen LogP contribution in [-0.4, -0.2) is 43.5 Å². The van der Waals surface area contributed by atoms with Gasteiger partial charge >= 0.3 is 0 Å². The summed E-state index contributed by atoms with van der Waals surface area (Å²) in [4.78, 5) is 14.6. The summed E-state index contributed by atoms with van der Waals surface area (Å²) in [6.45, 7) is 5.14. The second kappa shape index (κ2) is 6.57. The summed E-state index contributed by atoms with van der Waals surface area (Å²) < 4.78 is 0. The van der Waals surface area contributed by atoms with Crippen molar-refractivity contribution in [3.63, 3.8) is 0 Å². The minimum atomic E-state index is 0.00732. The molecule has 104 valence electrons. The van der Waals surface area contributed by atoms with Crippen LogP contribution in [0.1, 0.15) is 30.1 Å². The molecule has 1 aliphatic heterocycles. The average molecular weight is 261 g/mol. The van der Waals surface area contributed by atoms with Crippen LogP contribution in [0.15, 0.2) is 24.3 Å². The van der Waals surface area contributed by atoms with E-state index in [0.29, 0.717) is 11.6 Å². The molecule has 1 saturated heterocycles. The third kappa shape index (κ3) is 3.26. The largest absolute Gasteiger partial charge is 0.387 e. The lowest BCUT2D eigenvalue weighted by molar-refractivity contribution is 0.0942. The lowest BCUT2D eigenvalue weighted by Crippen LogP contribution is -2.40. The molecule has 1 aromatic carbocycles. The predicted molar refractivity (Wildman–Crippen MR) is 78.6 cm³/mol. The highest BCUT2D eigenvalue weighted by Gasteiger charge is 2.23. The van der Waals surface area contributed by atoms with Crippen molar-refractivity contribution >= 4 is 11.6 Å². The fraction of sp³-hybridized carbons (Fsp3) is 0.533. The Morgan fingerprint density at radius 3 is 2.95 bits per heavy atom. The Morgan fingerprint density at radius 1 is 1.42 bits per heavy atom. The third-order valence-electron chi connectivity index (χ3n) is 3.84. The molecule has 2 N–H and O–H groups in total. The fourth-order valence-corrected chi connectivity index (χ4v) is 2.75. The average Bonchev–Trinajstić information content (AvgIpc) is 2.92. The first-order valence-corrected chi connectivity index (χ1v) is 7.05. The molecule has 4 heteroatoms. The van der Waals surface area contributed by atoms with E-state index in [1.54, 1.807) is 0 Å². The fourth-order valence-electron chi connectivity index (χ4n) is 2.75. The Bertz CT molecular complexity index is 433. The van der Waals surface area contributed by atoms with Gasteiger partial charge in [-0.2, -0.15) is 0 Å². The molecule has 4 nitrogen and oxygen atoms in total. The number of rotatable bonds is 5. The second-order valence-corrected chi connectivity index (χ2v) is 4.93. The van der Waals surface area contributed by atoms with E-state index in [2.05, 4.69) is 22.5 Å². The highest BCUT2D eigenvalue weighted by atomic mass is 16.1. The minimum absolute atomic E-state index is 0.00732. The Labute approximate surface area is 115 Å². The van der Waals surface area contributed by atoms with Gasteiger partial charge in [-0.15, -0.1) is 0 Å². The van der Waals surface area contributed by atoms with Gasteiger partial charge in [0.15, 0.2) is 0 Å². The van der Waals surface area contributed by atoms with Crippen molar-refractivity contribution in [2.45, 2.75) is 25.8 Å². The van der Waals surface area contributed by atoms with E-state index < -0.39 is 0 Å². The van der Waals surface area contributed by atoms with Crippen LogP contribution >= 0.6 is 0 Å². The van der Waals surface area contributed by atoms with E-state index in [9.17, 15) is 4.79 Å². The summed E-state index contributed by atoms with van der Waals surface area (Å²) in [5.41, 5.74) is 1.59. The minimum Gasteiger partial charge on any atom is -0.387 e. The number of carbonyl (C=O) groups is 1. The molecule has 19 heavy (non-hydrogen) atoms. The highest BCUT2D eigenvalue weighted by molar-refractivity contribution is 5.99. The number of anilines is 1. The molecule has 0 bridgehead atoms. The van der Waals surface area contributed by atoms with Gasteiger partial charge in [0.2, 0.25) is 0 Å². The standard InChI is InChI=1S/C15H23N3O/c1-3-18-10-6-7-12(18)11-17-15(19)13-8-4-5-9-14(13)16-2/h4-5,8-9,12,16H,3,6-7,10-11H2,1-2H3,(H,17,19). The van der Waals surface area contributed by atoms with Gasteiger partial charge in [-0.3, -0.25) is 9.69 Å². The number of likely N-dealkylation sites (N-methyl/N-ethyl adjacent to an activating group) is 1. The third-order valence-corrected chi connectivity index (χ3v) is 3.84. The van der Waals surface area contributed by atoms with Crippen LogP contribution in [0.2, 0.25) is 0 Å². The van der Waals surface area contributed by atoms with Crippen LogP contribution in [0.25, 0.3) is 0 Å². The zero-order valence-electron chi connectivity index (χ0n) is 11.8. The Kier molecular flexibility index (Phi) is 4.80. The maximum Gasteiger partial charge on any atom is 0.253 e. The number of para-hydroxylation sites is 1. The molecule has 0 spiro atoms. The monoisotopic (exact) mass is 261 g/mol. The van der Waals surface area contributed by atoms with Crippen LogP contribution in [0.3, 0.4) is 0 Å². The quantitative estimate of drug-likeness (QED) is 0.851. The van der Waals surface area contributed by atoms with E-state index in [-0.39, 0.29) is 5.91 Å². The van der Waals surface area contributed by atoms with Crippen molar-refractivity contribution in [2.24, 2.45) is 0 Å². The molecular formula is C15H23N3O. The van der Waals surface area contributed by atoms with Gasteiger partial charge in [-0.25, -0.2) is 0 Å². The maximum absolute atomic E-state index is 12.2. The molecule has 0 aliphatic carbocycles. The lowest BCUT2D eigenvalue weighted by Gasteiger charge is -2.23. The van der Waals surface area contributed by atoms with Crippen molar-refractivity contribution < 1.29 is 4.79 Å². The number of nitrogens with one attached hydrogen (secondary N) is 2. The second-order valence-electron chi connectivity index (χ2n) is 4.93. The zero-order chi connectivity index (χ0) is 13.7. The van der Waals surface area contributed by atoms with Crippen molar-refractivity contribution in [1.82, 2.24) is 10.2 Å². The van der Waals surface area contributed by atoms with Crippen molar-refractivity contribution in [3.8, 4) is 0 Å². The van der Waals surface area contributed by atoms with Crippen LogP contribution in [-0.2, 0) is 0 Å². The molecule has 0 aromatic heterocycles. The number of likely N-dealkylation sites (tertiary alicyclic amines) is 1. The summed E-state index contributed by atoms with van der Waals surface area (Å²) in [6, 6.07) is 8.09. The van der Waals surface area contributed by atoms with Crippen LogP contribution in [0.4, 0.5) is 5.69 Å². The van der Waals surface area contributed by atoms with Gasteiger partial charge in [0.25, 0.3) is 5.91 Å². The van der Waals surface area contributed by atoms with Crippen molar-refractivity contribution in [2.75, 3.05) is 32.0 Å². The highest BCUT2D eigenvalue weighted by Crippen LogP contribution is 2.17. The predicted octanol–water partition coefficient (Wildman–Crippen LogP) is 1.94. The number of hydrogen-bond acceptors (Lipinski definition) is 3. The van der Waals surface area contributed by atoms with Gasteiger partial charge in [0.05, 0.1) is 5.56 Å². The summed E-state index contributed by atoms with van der Waals surface area (Å²) in [6.07, 6.45) is 2.42. The summed E-state index contributed by atoms with van der Waals surface area (Å²) >= 11 is 0. The van der Waals surface area contributed by atoms with E-state index in [4.69, 9.17) is 0 Å². The van der Waals surface area contributed by atoms with E-state index in [0.717, 1.165) is 25.3 Å². The first kappa shape index (κ1) is 13.9. The Balaban J connectivity index is 1.94. The van der Waals surface area contributed by atoms with Gasteiger partial charge in [0.1, 0.15) is 0 Å². The maximum atomic E-state index is 12.2. The van der Waals surface area contributed by atoms with Crippen molar-refractivity contribution in [3.05, 3.63) is 29.8 Å². The topological polar surface area (TPSA) is 44.4 Å².